The maximum Gasteiger partial charge on any atom is 0.413 e. The molecule has 0 radical (unpaired) electrons. The van der Waals surface area contributed by atoms with E-state index in [1.165, 1.54) is 6.08 Å². The molecule has 4 rings (SSSR count). The molecular weight excluding hydrogens is 498 g/mol. The molecule has 0 aromatic carbocycles. The first-order valence-corrected chi connectivity index (χ1v) is 13.4. The molecule has 1 amide bonds. The molecule has 3 aromatic heterocycles. The summed E-state index contributed by atoms with van der Waals surface area (Å²) in [5, 5.41) is 12.2. The second-order valence-corrected chi connectivity index (χ2v) is 10.1. The topological polar surface area (TPSA) is 106 Å². The van der Waals surface area contributed by atoms with Crippen LogP contribution in [-0.2, 0) is 21.6 Å². The Morgan fingerprint density at radius 3 is 2.86 bits per heavy atom. The molecule has 0 unspecified atom stereocenters. The second kappa shape index (κ2) is 12.7. The van der Waals surface area contributed by atoms with Gasteiger partial charge in [-0.15, -0.1) is 10.2 Å². The summed E-state index contributed by atoms with van der Waals surface area (Å²) in [6.07, 6.45) is 1.80. The summed E-state index contributed by atoms with van der Waals surface area (Å²) in [6.45, 7) is 8.77. The van der Waals surface area contributed by atoms with Gasteiger partial charge in [-0.3, -0.25) is 5.32 Å². The third-order valence-corrected chi connectivity index (χ3v) is 7.54. The number of pyridine rings is 2. The minimum Gasteiger partial charge on any atom is -0.445 e. The first-order valence-electron chi connectivity index (χ1n) is 11.6. The minimum absolute atomic E-state index is 0.126. The molecule has 1 fully saturated rings. The maximum atomic E-state index is 11.9. The molecular formula is C24H29N7O3S2. The van der Waals surface area contributed by atoms with Crippen molar-refractivity contribution in [3.05, 3.63) is 53.7 Å². The zero-order chi connectivity index (χ0) is 25.3. The number of morpholine rings is 1. The molecule has 1 aliphatic rings. The van der Waals surface area contributed by atoms with Gasteiger partial charge in [0.1, 0.15) is 29.1 Å². The Bertz CT molecular complexity index is 1180. The van der Waals surface area contributed by atoms with Crippen LogP contribution in [0.2, 0.25) is 0 Å². The standard InChI is InChI=1S/C24H29N7O3S2/c1-4-11-34-23(32)27-19-7-6-8-20(26-19)30(3)21-15-18(31-9-12-33-13-10-31)14-17(25-21)16-35-24-29-28-22(5-2)36-24/h4,6-8,14-15H,1,5,9-13,16H2,2-3H3,(H,26,27,32). The van der Waals surface area contributed by atoms with Crippen LogP contribution in [0.1, 0.15) is 17.6 Å². The van der Waals surface area contributed by atoms with E-state index >= 15 is 0 Å². The van der Waals surface area contributed by atoms with Gasteiger partial charge in [0.25, 0.3) is 0 Å². The Labute approximate surface area is 218 Å². The van der Waals surface area contributed by atoms with E-state index in [1.54, 1.807) is 29.2 Å². The molecule has 1 saturated heterocycles. The van der Waals surface area contributed by atoms with Gasteiger partial charge in [0, 0.05) is 37.6 Å². The number of anilines is 4. The van der Waals surface area contributed by atoms with Crippen molar-refractivity contribution in [1.29, 1.82) is 0 Å². The highest BCUT2D eigenvalue weighted by Gasteiger charge is 2.17. The van der Waals surface area contributed by atoms with E-state index in [9.17, 15) is 4.79 Å². The van der Waals surface area contributed by atoms with Gasteiger partial charge < -0.3 is 19.3 Å². The second-order valence-electron chi connectivity index (χ2n) is 7.83. The number of nitrogens with one attached hydrogen (secondary N) is 1. The van der Waals surface area contributed by atoms with Crippen molar-refractivity contribution < 1.29 is 14.3 Å². The van der Waals surface area contributed by atoms with Gasteiger partial charge >= 0.3 is 6.09 Å². The molecule has 0 atom stereocenters. The molecule has 10 nitrogen and oxygen atoms in total. The minimum atomic E-state index is -0.586. The Balaban J connectivity index is 1.56. The van der Waals surface area contributed by atoms with Gasteiger partial charge in [-0.25, -0.2) is 14.8 Å². The van der Waals surface area contributed by atoms with Gasteiger partial charge in [-0.05, 0) is 24.6 Å². The number of carbonyl (C=O) groups is 1. The fourth-order valence-corrected chi connectivity index (χ4v) is 5.18. The zero-order valence-electron chi connectivity index (χ0n) is 20.3. The van der Waals surface area contributed by atoms with Crippen LogP contribution in [0.4, 0.5) is 27.9 Å². The number of thioether (sulfide) groups is 1. The summed E-state index contributed by atoms with van der Waals surface area (Å²) in [6, 6.07) is 9.58. The van der Waals surface area contributed by atoms with Gasteiger partial charge in [-0.1, -0.05) is 48.7 Å². The zero-order valence-corrected chi connectivity index (χ0v) is 22.0. The van der Waals surface area contributed by atoms with E-state index in [2.05, 4.69) is 51.0 Å². The largest absolute Gasteiger partial charge is 0.445 e. The van der Waals surface area contributed by atoms with Crippen LogP contribution in [0, 0.1) is 0 Å². The Morgan fingerprint density at radius 2 is 2.11 bits per heavy atom. The van der Waals surface area contributed by atoms with E-state index in [-0.39, 0.29) is 6.61 Å². The lowest BCUT2D eigenvalue weighted by atomic mass is 10.2. The van der Waals surface area contributed by atoms with Gasteiger partial charge in [0.2, 0.25) is 0 Å². The van der Waals surface area contributed by atoms with Crippen LogP contribution >= 0.6 is 23.1 Å². The average molecular weight is 528 g/mol. The van der Waals surface area contributed by atoms with Crippen LogP contribution < -0.4 is 15.1 Å². The number of aryl methyl sites for hydroxylation is 1. The number of carbonyl (C=O) groups excluding carboxylic acids is 1. The maximum absolute atomic E-state index is 11.9. The molecule has 12 heteroatoms. The highest BCUT2D eigenvalue weighted by molar-refractivity contribution is 8.00. The smallest absolute Gasteiger partial charge is 0.413 e. The van der Waals surface area contributed by atoms with Crippen LogP contribution in [0.5, 0.6) is 0 Å². The quantitative estimate of drug-likeness (QED) is 0.299. The number of ether oxygens (including phenoxy) is 2. The number of rotatable bonds is 10. The first-order chi connectivity index (χ1) is 17.6. The number of nitrogens with zero attached hydrogens (tertiary/aromatic N) is 6. The molecule has 1 N–H and O–H groups in total. The van der Waals surface area contributed by atoms with Crippen LogP contribution in [-0.4, -0.2) is 66.2 Å². The van der Waals surface area contributed by atoms with E-state index < -0.39 is 6.09 Å². The molecule has 3 aromatic rings. The fraction of sp³-hybridized carbons (Fsp3) is 0.375. The molecule has 0 spiro atoms. The Kier molecular flexibility index (Phi) is 9.09. The predicted molar refractivity (Wildman–Crippen MR) is 144 cm³/mol. The monoisotopic (exact) mass is 527 g/mol. The van der Waals surface area contributed by atoms with Crippen molar-refractivity contribution >= 4 is 52.3 Å². The fourth-order valence-electron chi connectivity index (χ4n) is 3.45. The number of aromatic nitrogens is 4. The first kappa shape index (κ1) is 25.9. The predicted octanol–water partition coefficient (Wildman–Crippen LogP) is 4.52. The highest BCUT2D eigenvalue weighted by atomic mass is 32.2. The summed E-state index contributed by atoms with van der Waals surface area (Å²) in [7, 11) is 1.91. The molecule has 4 heterocycles. The van der Waals surface area contributed by atoms with Crippen LogP contribution in [0.25, 0.3) is 0 Å². The number of hydrogen-bond acceptors (Lipinski definition) is 11. The molecule has 0 saturated carbocycles. The molecule has 0 bridgehead atoms. The summed E-state index contributed by atoms with van der Waals surface area (Å²) in [5.41, 5.74) is 2.01. The van der Waals surface area contributed by atoms with Crippen LogP contribution in [0.3, 0.4) is 0 Å². The molecule has 190 valence electrons. The summed E-state index contributed by atoms with van der Waals surface area (Å²) in [4.78, 5) is 25.6. The van der Waals surface area contributed by atoms with E-state index in [0.717, 1.165) is 46.1 Å². The van der Waals surface area contributed by atoms with Gasteiger partial charge in [-0.2, -0.15) is 0 Å². The van der Waals surface area contributed by atoms with E-state index in [4.69, 9.17) is 14.5 Å². The third kappa shape index (κ3) is 6.93. The summed E-state index contributed by atoms with van der Waals surface area (Å²) in [5.74, 6) is 2.44. The lowest BCUT2D eigenvalue weighted by Crippen LogP contribution is -2.36. The van der Waals surface area contributed by atoms with Crippen molar-refractivity contribution in [2.45, 2.75) is 23.4 Å². The van der Waals surface area contributed by atoms with Crippen molar-refractivity contribution in [1.82, 2.24) is 20.2 Å². The highest BCUT2D eigenvalue weighted by Crippen LogP contribution is 2.31. The lowest BCUT2D eigenvalue weighted by molar-refractivity contribution is 0.122. The third-order valence-electron chi connectivity index (χ3n) is 5.30. The molecule has 0 aliphatic carbocycles. The normalized spacial score (nSPS) is 13.3. The van der Waals surface area contributed by atoms with Crippen molar-refractivity contribution in [2.75, 3.05) is 55.1 Å². The number of hydrogen-bond donors (Lipinski definition) is 1. The SMILES string of the molecule is C=CCOC(=O)Nc1cccc(N(C)c2cc(N3CCOCC3)cc(CSc3nnc(CC)s3)n2)n1. The lowest BCUT2D eigenvalue weighted by Gasteiger charge is -2.30. The van der Waals surface area contributed by atoms with Crippen molar-refractivity contribution in [2.24, 2.45) is 0 Å². The van der Waals surface area contributed by atoms with E-state index in [0.29, 0.717) is 30.6 Å². The van der Waals surface area contributed by atoms with Crippen molar-refractivity contribution in [3.63, 3.8) is 0 Å². The Morgan fingerprint density at radius 1 is 1.28 bits per heavy atom. The Hall–Kier alpha value is -3.22. The van der Waals surface area contributed by atoms with Crippen LogP contribution in [0.15, 0.2) is 47.3 Å². The van der Waals surface area contributed by atoms with Crippen molar-refractivity contribution in [3.8, 4) is 0 Å². The summed E-state index contributed by atoms with van der Waals surface area (Å²) >= 11 is 3.25. The van der Waals surface area contributed by atoms with Gasteiger partial charge in [0.15, 0.2) is 4.34 Å². The molecule has 36 heavy (non-hydrogen) atoms. The molecule has 1 aliphatic heterocycles. The summed E-state index contributed by atoms with van der Waals surface area (Å²) < 4.78 is 11.5. The van der Waals surface area contributed by atoms with Gasteiger partial charge in [0.05, 0.1) is 18.9 Å². The average Bonchev–Trinajstić information content (AvgIpc) is 3.39. The number of amides is 1. The van der Waals surface area contributed by atoms with E-state index in [1.807, 2.05) is 24.1 Å².